The molecule has 0 spiro atoms. The van der Waals surface area contributed by atoms with Gasteiger partial charge in [0.1, 0.15) is 0 Å². The fourth-order valence-electron chi connectivity index (χ4n) is 3.45. The zero-order valence-corrected chi connectivity index (χ0v) is 16.1. The number of unbranched alkanes of at least 4 members (excludes halogenated alkanes) is 10. The van der Waals surface area contributed by atoms with Gasteiger partial charge < -0.3 is 5.11 Å². The van der Waals surface area contributed by atoms with Crippen LogP contribution >= 0.6 is 0 Å². The molecule has 0 aliphatic heterocycles. The fraction of sp³-hybridized carbons (Fsp3) is 1.00. The number of rotatable bonds is 16. The highest BCUT2D eigenvalue weighted by Gasteiger charge is 2.24. The molecular weight excluding hydrogens is 268 g/mol. The lowest BCUT2D eigenvalue weighted by Gasteiger charge is -2.28. The summed E-state index contributed by atoms with van der Waals surface area (Å²) in [6.45, 7) is 8.81. The Bertz CT molecular complexity index is 220. The second-order valence-electron chi connectivity index (χ2n) is 7.56. The predicted molar refractivity (Wildman–Crippen MR) is 100 cm³/mol. The van der Waals surface area contributed by atoms with Crippen LogP contribution in [0.5, 0.6) is 0 Å². The van der Waals surface area contributed by atoms with Gasteiger partial charge in [0.15, 0.2) is 0 Å². The Balaban J connectivity index is 3.35. The minimum atomic E-state index is -0.406. The molecule has 0 aliphatic carbocycles. The van der Waals surface area contributed by atoms with Crippen LogP contribution in [0.3, 0.4) is 0 Å². The smallest absolute Gasteiger partial charge is 0.0645 e. The molecule has 0 rings (SSSR count). The minimum absolute atomic E-state index is 0.406. The monoisotopic (exact) mass is 312 g/mol. The number of hydrogen-bond donors (Lipinski definition) is 1. The van der Waals surface area contributed by atoms with Crippen LogP contribution in [0.1, 0.15) is 124 Å². The van der Waals surface area contributed by atoms with E-state index >= 15 is 0 Å². The Kier molecular flexibility index (Phi) is 14.5. The van der Waals surface area contributed by atoms with E-state index in [0.29, 0.717) is 5.92 Å². The second kappa shape index (κ2) is 14.5. The molecule has 0 aromatic carbocycles. The molecule has 0 aromatic heterocycles. The molecule has 1 atom stereocenters. The minimum Gasteiger partial charge on any atom is -0.390 e. The van der Waals surface area contributed by atoms with Gasteiger partial charge in [-0.3, -0.25) is 0 Å². The summed E-state index contributed by atoms with van der Waals surface area (Å²) in [5.74, 6) is 0.670. The summed E-state index contributed by atoms with van der Waals surface area (Å²) >= 11 is 0. The van der Waals surface area contributed by atoms with Gasteiger partial charge in [0, 0.05) is 0 Å². The van der Waals surface area contributed by atoms with Crippen LogP contribution in [0.25, 0.3) is 0 Å². The fourth-order valence-corrected chi connectivity index (χ4v) is 3.45. The van der Waals surface area contributed by atoms with Crippen molar-refractivity contribution in [2.45, 2.75) is 130 Å². The van der Waals surface area contributed by atoms with E-state index in [9.17, 15) is 5.11 Å². The lowest BCUT2D eigenvalue weighted by Crippen LogP contribution is -2.29. The maximum atomic E-state index is 10.4. The molecule has 1 nitrogen and oxygen atoms in total. The first-order chi connectivity index (χ1) is 10.6. The van der Waals surface area contributed by atoms with Crippen molar-refractivity contribution in [2.75, 3.05) is 0 Å². The van der Waals surface area contributed by atoms with Crippen LogP contribution in [0.15, 0.2) is 0 Å². The first-order valence-electron chi connectivity index (χ1n) is 10.3. The lowest BCUT2D eigenvalue weighted by atomic mass is 9.85. The highest BCUT2D eigenvalue weighted by Crippen LogP contribution is 2.27. The summed E-state index contributed by atoms with van der Waals surface area (Å²) < 4.78 is 0. The van der Waals surface area contributed by atoms with Gasteiger partial charge in [-0.1, -0.05) is 105 Å². The predicted octanol–water partition coefficient (Wildman–Crippen LogP) is 7.26. The molecule has 22 heavy (non-hydrogen) atoms. The molecular formula is C21H44O. The molecule has 0 radical (unpaired) electrons. The highest BCUT2D eigenvalue weighted by molar-refractivity contribution is 4.77. The van der Waals surface area contributed by atoms with Crippen LogP contribution in [-0.4, -0.2) is 10.7 Å². The Labute approximate surface area is 141 Å². The van der Waals surface area contributed by atoms with E-state index in [1.165, 1.54) is 77.0 Å². The molecule has 134 valence electrons. The largest absolute Gasteiger partial charge is 0.390 e. The summed E-state index contributed by atoms with van der Waals surface area (Å²) in [6, 6.07) is 0. The molecule has 1 N–H and O–H groups in total. The van der Waals surface area contributed by atoms with Crippen molar-refractivity contribution in [3.63, 3.8) is 0 Å². The summed E-state index contributed by atoms with van der Waals surface area (Å²) in [7, 11) is 0. The zero-order valence-electron chi connectivity index (χ0n) is 16.1. The van der Waals surface area contributed by atoms with Crippen molar-refractivity contribution < 1.29 is 5.11 Å². The molecule has 0 fully saturated rings. The van der Waals surface area contributed by atoms with E-state index in [1.807, 2.05) is 0 Å². The van der Waals surface area contributed by atoms with Gasteiger partial charge in [0.05, 0.1) is 5.60 Å². The standard InChI is InChI=1S/C21H44O/c1-5-8-9-10-11-12-13-14-15-16-17-18-20(4)19-21(22,6-2)7-3/h20,22H,5-19H2,1-4H3. The van der Waals surface area contributed by atoms with Crippen molar-refractivity contribution in [1.82, 2.24) is 0 Å². The SMILES string of the molecule is CCCCCCCCCCCCCC(C)CC(O)(CC)CC. The quantitative estimate of drug-likeness (QED) is 0.297. The second-order valence-corrected chi connectivity index (χ2v) is 7.56. The molecule has 0 aromatic rings. The van der Waals surface area contributed by atoms with Crippen LogP contribution in [0.2, 0.25) is 0 Å². The van der Waals surface area contributed by atoms with Crippen molar-refractivity contribution in [1.29, 1.82) is 0 Å². The summed E-state index contributed by atoms with van der Waals surface area (Å²) in [4.78, 5) is 0. The summed E-state index contributed by atoms with van der Waals surface area (Å²) in [6.07, 6.45) is 19.6. The molecule has 1 heteroatoms. The number of hydrogen-bond acceptors (Lipinski definition) is 1. The third-order valence-electron chi connectivity index (χ3n) is 5.35. The van der Waals surface area contributed by atoms with Gasteiger partial charge in [0.2, 0.25) is 0 Å². The maximum Gasteiger partial charge on any atom is 0.0645 e. The summed E-state index contributed by atoms with van der Waals surface area (Å²) in [5, 5.41) is 10.4. The van der Waals surface area contributed by atoms with Gasteiger partial charge in [0.25, 0.3) is 0 Å². The first-order valence-corrected chi connectivity index (χ1v) is 10.3. The van der Waals surface area contributed by atoms with Crippen molar-refractivity contribution in [3.05, 3.63) is 0 Å². The Morgan fingerprint density at radius 1 is 0.682 bits per heavy atom. The molecule has 0 saturated heterocycles. The van der Waals surface area contributed by atoms with Gasteiger partial charge in [-0.2, -0.15) is 0 Å². The van der Waals surface area contributed by atoms with Gasteiger partial charge in [-0.15, -0.1) is 0 Å². The third-order valence-corrected chi connectivity index (χ3v) is 5.35. The Morgan fingerprint density at radius 2 is 1.09 bits per heavy atom. The van der Waals surface area contributed by atoms with E-state index in [-0.39, 0.29) is 0 Å². The van der Waals surface area contributed by atoms with Crippen molar-refractivity contribution in [3.8, 4) is 0 Å². The van der Waals surface area contributed by atoms with E-state index in [1.54, 1.807) is 0 Å². The van der Waals surface area contributed by atoms with Gasteiger partial charge >= 0.3 is 0 Å². The van der Waals surface area contributed by atoms with E-state index in [0.717, 1.165) is 19.3 Å². The molecule has 0 aliphatic rings. The van der Waals surface area contributed by atoms with E-state index < -0.39 is 5.60 Å². The van der Waals surface area contributed by atoms with Crippen LogP contribution in [0, 0.1) is 5.92 Å². The summed E-state index contributed by atoms with van der Waals surface area (Å²) in [5.41, 5.74) is -0.406. The van der Waals surface area contributed by atoms with Gasteiger partial charge in [-0.25, -0.2) is 0 Å². The molecule has 0 heterocycles. The topological polar surface area (TPSA) is 20.2 Å². The normalized spacial score (nSPS) is 13.5. The van der Waals surface area contributed by atoms with Crippen LogP contribution in [-0.2, 0) is 0 Å². The highest BCUT2D eigenvalue weighted by atomic mass is 16.3. The molecule has 0 saturated carbocycles. The Morgan fingerprint density at radius 3 is 1.50 bits per heavy atom. The molecule has 0 bridgehead atoms. The van der Waals surface area contributed by atoms with Crippen LogP contribution < -0.4 is 0 Å². The number of aliphatic hydroxyl groups is 1. The third kappa shape index (κ3) is 12.5. The van der Waals surface area contributed by atoms with E-state index in [4.69, 9.17) is 0 Å². The Hall–Kier alpha value is -0.0400. The van der Waals surface area contributed by atoms with Crippen molar-refractivity contribution in [2.24, 2.45) is 5.92 Å². The average molecular weight is 313 g/mol. The average Bonchev–Trinajstić information content (AvgIpc) is 2.52. The van der Waals surface area contributed by atoms with Crippen LogP contribution in [0.4, 0.5) is 0 Å². The molecule has 1 unspecified atom stereocenters. The maximum absolute atomic E-state index is 10.4. The first kappa shape index (κ1) is 22.0. The van der Waals surface area contributed by atoms with E-state index in [2.05, 4.69) is 27.7 Å². The molecule has 0 amide bonds. The van der Waals surface area contributed by atoms with Crippen molar-refractivity contribution >= 4 is 0 Å². The lowest BCUT2D eigenvalue weighted by molar-refractivity contribution is 0.00876. The van der Waals surface area contributed by atoms with Gasteiger partial charge in [-0.05, 0) is 25.2 Å². The zero-order chi connectivity index (χ0) is 16.7.